The summed E-state index contributed by atoms with van der Waals surface area (Å²) in [6, 6.07) is 0. The third-order valence-electron chi connectivity index (χ3n) is 15.5. The van der Waals surface area contributed by atoms with E-state index in [4.69, 9.17) is 13.9 Å². The standard InChI is InChI=1S/C34H58O5Si/c1-20-10-15-34(37-18-20)21(2)27-25(38-34)16-24-26-23(12-13-30(24,27)6)31(7)14-11-22(39-40(8,9)29(3,4)5)17-32(31)19-33(32,36)28(26)35/h20-28,35-36H,10-19H2,1-9H3/t20?,21-,22?,23-,24-,25-,26?,27-,28+,30-,31+,32+,33-,34+/m0/s1. The summed E-state index contributed by atoms with van der Waals surface area (Å²) in [6.07, 6.45) is 9.22. The third-order valence-corrected chi connectivity index (χ3v) is 20.0. The zero-order valence-electron chi connectivity index (χ0n) is 26.9. The summed E-state index contributed by atoms with van der Waals surface area (Å²) in [7, 11) is -1.90. The van der Waals surface area contributed by atoms with Gasteiger partial charge < -0.3 is 24.1 Å². The maximum Gasteiger partial charge on any atom is 0.192 e. The van der Waals surface area contributed by atoms with Gasteiger partial charge in [-0.25, -0.2) is 0 Å². The van der Waals surface area contributed by atoms with E-state index in [2.05, 4.69) is 61.6 Å². The van der Waals surface area contributed by atoms with E-state index in [0.717, 1.165) is 51.6 Å². The van der Waals surface area contributed by atoms with Crippen LogP contribution in [-0.4, -0.2) is 54.8 Å². The summed E-state index contributed by atoms with van der Waals surface area (Å²) >= 11 is 0. The van der Waals surface area contributed by atoms with Gasteiger partial charge >= 0.3 is 0 Å². The number of fused-ring (bicyclic) bond motifs is 6. The summed E-state index contributed by atoms with van der Waals surface area (Å²) in [4.78, 5) is 0. The lowest BCUT2D eigenvalue weighted by Gasteiger charge is -2.64. The van der Waals surface area contributed by atoms with Crippen LogP contribution in [-0.2, 0) is 13.9 Å². The van der Waals surface area contributed by atoms with Crippen LogP contribution in [0.4, 0.5) is 0 Å². The molecule has 3 unspecified atom stereocenters. The molecule has 0 bridgehead atoms. The molecular formula is C34H58O5Si. The van der Waals surface area contributed by atoms with Gasteiger partial charge in [0.2, 0.25) is 0 Å². The predicted octanol–water partition coefficient (Wildman–Crippen LogP) is 6.91. The summed E-state index contributed by atoms with van der Waals surface area (Å²) in [5.74, 6) is 2.08. The van der Waals surface area contributed by atoms with Gasteiger partial charge in [0.1, 0.15) is 0 Å². The zero-order valence-corrected chi connectivity index (χ0v) is 27.9. The highest BCUT2D eigenvalue weighted by atomic mass is 28.4. The Labute approximate surface area is 244 Å². The number of hydrogen-bond donors (Lipinski definition) is 2. The third kappa shape index (κ3) is 3.39. The Morgan fingerprint density at radius 2 is 1.70 bits per heavy atom. The maximum absolute atomic E-state index is 12.3. The largest absolute Gasteiger partial charge is 0.414 e. The Morgan fingerprint density at radius 3 is 2.35 bits per heavy atom. The number of aliphatic hydroxyl groups is 2. The van der Waals surface area contributed by atoms with Crippen LogP contribution in [0.1, 0.15) is 106 Å². The van der Waals surface area contributed by atoms with Gasteiger partial charge in [0.05, 0.1) is 24.4 Å². The molecule has 0 radical (unpaired) electrons. The van der Waals surface area contributed by atoms with E-state index in [1.54, 1.807) is 0 Å². The molecule has 2 heterocycles. The van der Waals surface area contributed by atoms with Gasteiger partial charge in [-0.3, -0.25) is 0 Å². The van der Waals surface area contributed by atoms with Crippen molar-refractivity contribution in [2.75, 3.05) is 6.61 Å². The van der Waals surface area contributed by atoms with Crippen molar-refractivity contribution < 1.29 is 24.1 Å². The molecule has 2 saturated heterocycles. The highest BCUT2D eigenvalue weighted by Crippen LogP contribution is 2.83. The molecule has 40 heavy (non-hydrogen) atoms. The highest BCUT2D eigenvalue weighted by Gasteiger charge is 2.85. The summed E-state index contributed by atoms with van der Waals surface area (Å²) in [5, 5.41) is 24.7. The monoisotopic (exact) mass is 574 g/mol. The first-order valence-electron chi connectivity index (χ1n) is 16.8. The Kier molecular flexibility index (Phi) is 6.03. The first kappa shape index (κ1) is 28.8. The van der Waals surface area contributed by atoms with Crippen molar-refractivity contribution in [1.29, 1.82) is 0 Å². The minimum absolute atomic E-state index is 0.0638. The Balaban J connectivity index is 1.16. The highest BCUT2D eigenvalue weighted by molar-refractivity contribution is 6.74. The molecule has 5 saturated carbocycles. The lowest BCUT2D eigenvalue weighted by Crippen LogP contribution is -2.64. The van der Waals surface area contributed by atoms with Crippen LogP contribution < -0.4 is 0 Å². The minimum Gasteiger partial charge on any atom is -0.414 e. The van der Waals surface area contributed by atoms with Crippen LogP contribution in [0.5, 0.6) is 0 Å². The average molecular weight is 575 g/mol. The molecule has 0 aromatic rings. The van der Waals surface area contributed by atoms with E-state index in [1.165, 1.54) is 12.8 Å². The lowest BCUT2D eigenvalue weighted by atomic mass is 9.42. The fourth-order valence-electron chi connectivity index (χ4n) is 12.1. The smallest absolute Gasteiger partial charge is 0.192 e. The molecule has 2 aliphatic heterocycles. The Hall–Kier alpha value is 0.0169. The van der Waals surface area contributed by atoms with E-state index in [0.29, 0.717) is 29.6 Å². The second kappa shape index (κ2) is 8.38. The van der Waals surface area contributed by atoms with Crippen LogP contribution in [0.2, 0.25) is 18.1 Å². The fourth-order valence-corrected chi connectivity index (χ4v) is 13.5. The molecular weight excluding hydrogens is 516 g/mol. The molecule has 0 aromatic heterocycles. The van der Waals surface area contributed by atoms with E-state index >= 15 is 0 Å². The number of aliphatic hydroxyl groups excluding tert-OH is 1. The van der Waals surface area contributed by atoms with Gasteiger partial charge in [-0.15, -0.1) is 0 Å². The second-order valence-electron chi connectivity index (χ2n) is 18.1. The predicted molar refractivity (Wildman–Crippen MR) is 159 cm³/mol. The van der Waals surface area contributed by atoms with E-state index < -0.39 is 25.8 Å². The molecule has 0 amide bonds. The number of ether oxygens (including phenoxy) is 2. The molecule has 2 N–H and O–H groups in total. The number of hydrogen-bond acceptors (Lipinski definition) is 5. The van der Waals surface area contributed by atoms with Crippen molar-refractivity contribution in [2.45, 2.75) is 154 Å². The quantitative estimate of drug-likeness (QED) is 0.351. The van der Waals surface area contributed by atoms with Crippen LogP contribution >= 0.6 is 0 Å². The van der Waals surface area contributed by atoms with Crippen molar-refractivity contribution >= 4 is 8.32 Å². The Bertz CT molecular complexity index is 1050. The van der Waals surface area contributed by atoms with Crippen LogP contribution in [0.25, 0.3) is 0 Å². The molecule has 7 fully saturated rings. The average Bonchev–Trinajstić information content (AvgIpc) is 3.24. The first-order chi connectivity index (χ1) is 18.4. The van der Waals surface area contributed by atoms with Gasteiger partial charge in [-0.1, -0.05) is 48.5 Å². The summed E-state index contributed by atoms with van der Waals surface area (Å²) in [6.45, 7) is 22.2. The topological polar surface area (TPSA) is 68.2 Å². The van der Waals surface area contributed by atoms with Gasteiger partial charge in [0.15, 0.2) is 14.1 Å². The lowest BCUT2D eigenvalue weighted by molar-refractivity contribution is -0.275. The summed E-state index contributed by atoms with van der Waals surface area (Å²) < 4.78 is 20.4. The molecule has 14 atom stereocenters. The second-order valence-corrected chi connectivity index (χ2v) is 22.9. The van der Waals surface area contributed by atoms with Crippen LogP contribution in [0.3, 0.4) is 0 Å². The van der Waals surface area contributed by atoms with Crippen molar-refractivity contribution in [3.8, 4) is 0 Å². The van der Waals surface area contributed by atoms with E-state index in [9.17, 15) is 10.2 Å². The normalized spacial score (nSPS) is 59.0. The zero-order chi connectivity index (χ0) is 28.9. The number of rotatable bonds is 2. The van der Waals surface area contributed by atoms with Crippen molar-refractivity contribution in [3.05, 3.63) is 0 Å². The minimum atomic E-state index is -1.90. The summed E-state index contributed by atoms with van der Waals surface area (Å²) in [5.41, 5.74) is -0.972. The molecule has 6 heteroatoms. The van der Waals surface area contributed by atoms with Crippen molar-refractivity contribution in [2.24, 2.45) is 51.8 Å². The first-order valence-corrected chi connectivity index (χ1v) is 19.8. The molecule has 5 nitrogen and oxygen atoms in total. The fraction of sp³-hybridized carbons (Fsp3) is 1.00. The molecule has 228 valence electrons. The molecule has 5 aliphatic carbocycles. The van der Waals surface area contributed by atoms with E-state index in [1.807, 2.05) is 0 Å². The Morgan fingerprint density at radius 1 is 0.975 bits per heavy atom. The SMILES string of the molecule is CC1CC[C@@]2(OC1)O[C@H]1C[C@H]3C4[C@@H](O)[C@@]5(O)C[C@@]56CC(O[Si](C)(C)C(C)(C)C)CC[C@]6(C)[C@H]4CC[C@]3(C)[C@H]1[C@@H]2C. The van der Waals surface area contributed by atoms with Gasteiger partial charge in [0, 0.05) is 23.9 Å². The molecule has 7 aliphatic rings. The van der Waals surface area contributed by atoms with Crippen LogP contribution in [0, 0.1) is 51.8 Å². The molecule has 2 spiro atoms. The maximum atomic E-state index is 12.3. The van der Waals surface area contributed by atoms with E-state index in [-0.39, 0.29) is 39.4 Å². The molecule has 7 rings (SSSR count). The van der Waals surface area contributed by atoms with Crippen molar-refractivity contribution in [3.63, 3.8) is 0 Å². The molecule has 0 aromatic carbocycles. The van der Waals surface area contributed by atoms with Gasteiger partial charge in [-0.2, -0.15) is 0 Å². The van der Waals surface area contributed by atoms with Gasteiger partial charge in [0.25, 0.3) is 0 Å². The van der Waals surface area contributed by atoms with Crippen LogP contribution in [0.15, 0.2) is 0 Å². The van der Waals surface area contributed by atoms with Crippen molar-refractivity contribution in [1.82, 2.24) is 0 Å². The van der Waals surface area contributed by atoms with Gasteiger partial charge in [-0.05, 0) is 110 Å².